The lowest BCUT2D eigenvalue weighted by Crippen LogP contribution is -2.21. The quantitative estimate of drug-likeness (QED) is 0.433. The normalized spacial score (nSPS) is 12.1. The number of nitrogens with one attached hydrogen (secondary N) is 1. The minimum absolute atomic E-state index is 0.107. The molecule has 32 heavy (non-hydrogen) atoms. The van der Waals surface area contributed by atoms with Crippen molar-refractivity contribution in [1.82, 2.24) is 30.2 Å². The molecule has 0 aliphatic rings. The summed E-state index contributed by atoms with van der Waals surface area (Å²) in [6, 6.07) is 13.0. The number of benzene rings is 2. The predicted molar refractivity (Wildman–Crippen MR) is 116 cm³/mol. The monoisotopic (exact) mass is 434 g/mol. The van der Waals surface area contributed by atoms with Crippen LogP contribution in [0.3, 0.4) is 0 Å². The number of imidazole rings is 1. The summed E-state index contributed by atoms with van der Waals surface area (Å²) in [6.45, 7) is 3.89. The van der Waals surface area contributed by atoms with Gasteiger partial charge < -0.3 is 9.67 Å². The molecule has 9 heteroatoms. The summed E-state index contributed by atoms with van der Waals surface area (Å²) in [5.41, 5.74) is 2.63. The Morgan fingerprint density at radius 2 is 2.00 bits per heavy atom. The molecule has 1 atom stereocenters. The van der Waals surface area contributed by atoms with Gasteiger partial charge in [-0.25, -0.2) is 19.3 Å². The van der Waals surface area contributed by atoms with Crippen LogP contribution in [0.2, 0.25) is 0 Å². The van der Waals surface area contributed by atoms with Gasteiger partial charge in [0.05, 0.1) is 11.7 Å². The van der Waals surface area contributed by atoms with Gasteiger partial charge in [0.2, 0.25) is 0 Å². The minimum atomic E-state index is -1.07. The van der Waals surface area contributed by atoms with E-state index in [9.17, 15) is 14.3 Å². The average Bonchev–Trinajstić information content (AvgIpc) is 3.43. The van der Waals surface area contributed by atoms with Crippen molar-refractivity contribution in [2.45, 2.75) is 39.2 Å². The maximum Gasteiger partial charge on any atom is 0.354 e. The Morgan fingerprint density at radius 3 is 2.66 bits per heavy atom. The third-order valence-corrected chi connectivity index (χ3v) is 5.35. The van der Waals surface area contributed by atoms with E-state index < -0.39 is 17.8 Å². The molecule has 4 aromatic rings. The molecule has 8 nitrogen and oxygen atoms in total. The van der Waals surface area contributed by atoms with E-state index in [1.165, 1.54) is 12.1 Å². The standard InChI is InChI=1S/C23H23FN6O2/c1-3-8-19-25-18(4-2)21(23(31)32)30(19)20(14-9-7-10-15(24)13-14)16-11-5-6-12-17(16)22-26-28-29-27-22/h5-7,9-13,20H,3-4,8H2,1-2H3,(H,31,32)(H,26,27,28,29). The predicted octanol–water partition coefficient (Wildman–Crippen LogP) is 4.05. The summed E-state index contributed by atoms with van der Waals surface area (Å²) in [5.74, 6) is -0.402. The zero-order valence-corrected chi connectivity index (χ0v) is 17.8. The molecule has 0 spiro atoms. The van der Waals surface area contributed by atoms with Gasteiger partial charge in [0.1, 0.15) is 11.6 Å². The Balaban J connectivity index is 2.07. The maximum absolute atomic E-state index is 14.3. The van der Waals surface area contributed by atoms with E-state index in [0.29, 0.717) is 41.3 Å². The lowest BCUT2D eigenvalue weighted by atomic mass is 9.93. The number of aromatic amines is 1. The fraction of sp³-hybridized carbons (Fsp3) is 0.261. The van der Waals surface area contributed by atoms with Crippen LogP contribution in [0.15, 0.2) is 48.5 Å². The molecule has 0 aliphatic heterocycles. The number of H-pyrrole nitrogens is 1. The van der Waals surface area contributed by atoms with E-state index in [4.69, 9.17) is 0 Å². The number of hydrogen-bond acceptors (Lipinski definition) is 5. The van der Waals surface area contributed by atoms with Crippen LogP contribution < -0.4 is 0 Å². The highest BCUT2D eigenvalue weighted by molar-refractivity contribution is 5.87. The van der Waals surface area contributed by atoms with Gasteiger partial charge >= 0.3 is 5.97 Å². The van der Waals surface area contributed by atoms with Crippen molar-refractivity contribution in [1.29, 1.82) is 0 Å². The van der Waals surface area contributed by atoms with Crippen molar-refractivity contribution in [2.24, 2.45) is 0 Å². The van der Waals surface area contributed by atoms with Crippen molar-refractivity contribution >= 4 is 5.97 Å². The van der Waals surface area contributed by atoms with Crippen molar-refractivity contribution < 1.29 is 14.3 Å². The topological polar surface area (TPSA) is 110 Å². The summed E-state index contributed by atoms with van der Waals surface area (Å²) in [7, 11) is 0. The van der Waals surface area contributed by atoms with Gasteiger partial charge in [-0.2, -0.15) is 0 Å². The molecule has 0 fully saturated rings. The molecule has 2 aromatic carbocycles. The number of nitrogens with zero attached hydrogens (tertiary/aromatic N) is 5. The van der Waals surface area contributed by atoms with Gasteiger partial charge in [0.15, 0.2) is 11.5 Å². The second kappa shape index (κ2) is 9.09. The number of hydrogen-bond donors (Lipinski definition) is 2. The molecule has 0 saturated carbocycles. The minimum Gasteiger partial charge on any atom is -0.477 e. The van der Waals surface area contributed by atoms with Gasteiger partial charge in [-0.1, -0.05) is 50.2 Å². The average molecular weight is 434 g/mol. The van der Waals surface area contributed by atoms with E-state index in [1.54, 1.807) is 16.7 Å². The number of rotatable bonds is 8. The van der Waals surface area contributed by atoms with E-state index >= 15 is 0 Å². The third-order valence-electron chi connectivity index (χ3n) is 5.35. The van der Waals surface area contributed by atoms with Gasteiger partial charge in [0.25, 0.3) is 0 Å². The van der Waals surface area contributed by atoms with Crippen molar-refractivity contribution in [2.75, 3.05) is 0 Å². The first-order valence-electron chi connectivity index (χ1n) is 10.5. The highest BCUT2D eigenvalue weighted by atomic mass is 19.1. The highest BCUT2D eigenvalue weighted by Gasteiger charge is 2.30. The Bertz CT molecular complexity index is 1240. The van der Waals surface area contributed by atoms with Crippen LogP contribution >= 0.6 is 0 Å². The highest BCUT2D eigenvalue weighted by Crippen LogP contribution is 2.36. The smallest absolute Gasteiger partial charge is 0.354 e. The summed E-state index contributed by atoms with van der Waals surface area (Å²) < 4.78 is 16.1. The number of carboxylic acids is 1. The number of carbonyl (C=O) groups is 1. The van der Waals surface area contributed by atoms with Crippen molar-refractivity contribution in [3.8, 4) is 11.4 Å². The van der Waals surface area contributed by atoms with E-state index in [0.717, 1.165) is 12.0 Å². The Labute approximate surface area is 184 Å². The van der Waals surface area contributed by atoms with Gasteiger partial charge in [-0.3, -0.25) is 0 Å². The van der Waals surface area contributed by atoms with Crippen LogP contribution in [0.5, 0.6) is 0 Å². The molecule has 2 aromatic heterocycles. The summed E-state index contributed by atoms with van der Waals surface area (Å²) in [4.78, 5) is 17.1. The zero-order chi connectivity index (χ0) is 22.7. The summed E-state index contributed by atoms with van der Waals surface area (Å²) >= 11 is 0. The van der Waals surface area contributed by atoms with Gasteiger partial charge in [0, 0.05) is 12.0 Å². The molecular weight excluding hydrogens is 411 g/mol. The van der Waals surface area contributed by atoms with E-state index in [-0.39, 0.29) is 5.69 Å². The SMILES string of the molecule is CCCc1nc(CC)c(C(=O)O)n1C(c1cccc(F)c1)c1ccccc1-c1nnn[nH]1. The second-order valence-electron chi connectivity index (χ2n) is 7.40. The van der Waals surface area contributed by atoms with Crippen LogP contribution in [0.25, 0.3) is 11.4 Å². The number of carboxylic acid groups (broad SMARTS) is 1. The molecule has 1 unspecified atom stereocenters. The number of tetrazole rings is 1. The largest absolute Gasteiger partial charge is 0.477 e. The molecule has 0 amide bonds. The van der Waals surface area contributed by atoms with Crippen molar-refractivity contribution in [3.05, 3.63) is 82.7 Å². The van der Waals surface area contributed by atoms with Crippen LogP contribution in [-0.4, -0.2) is 41.3 Å². The summed E-state index contributed by atoms with van der Waals surface area (Å²) in [5, 5.41) is 24.3. The molecule has 4 rings (SSSR count). The Kier molecular flexibility index (Phi) is 6.07. The molecular formula is C23H23FN6O2. The zero-order valence-electron chi connectivity index (χ0n) is 17.8. The lowest BCUT2D eigenvalue weighted by Gasteiger charge is -2.25. The molecule has 0 radical (unpaired) electrons. The van der Waals surface area contributed by atoms with Crippen LogP contribution in [0.4, 0.5) is 4.39 Å². The van der Waals surface area contributed by atoms with Crippen molar-refractivity contribution in [3.63, 3.8) is 0 Å². The number of aryl methyl sites for hydroxylation is 2. The maximum atomic E-state index is 14.3. The van der Waals surface area contributed by atoms with E-state index in [2.05, 4.69) is 25.6 Å². The number of aromatic carboxylic acids is 1. The Morgan fingerprint density at radius 1 is 1.19 bits per heavy atom. The summed E-state index contributed by atoms with van der Waals surface area (Å²) in [6.07, 6.45) is 1.83. The second-order valence-corrected chi connectivity index (χ2v) is 7.40. The van der Waals surface area contributed by atoms with Gasteiger partial charge in [-0.15, -0.1) is 5.10 Å². The Hall–Kier alpha value is -3.88. The molecule has 0 bridgehead atoms. The first kappa shape index (κ1) is 21.4. The molecule has 2 heterocycles. The van der Waals surface area contributed by atoms with Crippen LogP contribution in [-0.2, 0) is 12.8 Å². The number of halogens is 1. The van der Waals surface area contributed by atoms with E-state index in [1.807, 2.05) is 38.1 Å². The fourth-order valence-electron chi connectivity index (χ4n) is 4.05. The first-order chi connectivity index (χ1) is 15.5. The van der Waals surface area contributed by atoms with Crippen LogP contribution in [0.1, 0.15) is 59.4 Å². The lowest BCUT2D eigenvalue weighted by molar-refractivity contribution is 0.0682. The molecule has 2 N–H and O–H groups in total. The van der Waals surface area contributed by atoms with Gasteiger partial charge in [-0.05, 0) is 46.5 Å². The molecule has 0 aliphatic carbocycles. The fourth-order valence-corrected chi connectivity index (χ4v) is 4.05. The number of aromatic nitrogens is 6. The van der Waals surface area contributed by atoms with Crippen LogP contribution in [0, 0.1) is 5.82 Å². The first-order valence-corrected chi connectivity index (χ1v) is 10.5. The third kappa shape index (κ3) is 3.89. The molecule has 0 saturated heterocycles. The molecule has 164 valence electrons.